The molecule has 0 aliphatic carbocycles. The number of carboxylic acids is 1. The number of hydrogen-bond acceptors (Lipinski definition) is 4. The third-order valence-electron chi connectivity index (χ3n) is 2.15. The first-order valence-corrected chi connectivity index (χ1v) is 4.94. The highest BCUT2D eigenvalue weighted by Gasteiger charge is 2.21. The quantitative estimate of drug-likeness (QED) is 0.574. The molecule has 4 N–H and O–H groups in total. The fourth-order valence-corrected chi connectivity index (χ4v) is 1.27. The summed E-state index contributed by atoms with van der Waals surface area (Å²) in [5.41, 5.74) is -0.143. The molecule has 0 aliphatic heterocycles. The number of benzene rings is 1. The second kappa shape index (κ2) is 5.59. The second-order valence-corrected chi connectivity index (χ2v) is 3.47. The van der Waals surface area contributed by atoms with E-state index in [0.29, 0.717) is 0 Å². The molecule has 1 rings (SSSR count). The molecule has 0 aromatic heterocycles. The predicted octanol–water partition coefficient (Wildman–Crippen LogP) is 0.304. The molecular formula is C12H11NO5. The fraction of sp³-hybridized carbons (Fsp3) is 0.167. The number of terminal acetylenes is 1. The minimum atomic E-state index is -1.26. The van der Waals surface area contributed by atoms with Gasteiger partial charge in [-0.15, -0.1) is 12.3 Å². The van der Waals surface area contributed by atoms with Crippen LogP contribution in [0, 0.1) is 12.3 Å². The molecule has 1 aromatic rings. The van der Waals surface area contributed by atoms with E-state index in [1.165, 1.54) is 12.1 Å². The van der Waals surface area contributed by atoms with Crippen LogP contribution in [-0.4, -0.2) is 33.2 Å². The summed E-state index contributed by atoms with van der Waals surface area (Å²) >= 11 is 0. The Hall–Kier alpha value is -2.68. The number of phenolic OH excluding ortho intramolecular Hbond substituents is 2. The minimum Gasteiger partial charge on any atom is -0.508 e. The summed E-state index contributed by atoms with van der Waals surface area (Å²) in [6, 6.07) is 2.13. The van der Waals surface area contributed by atoms with Gasteiger partial charge in [0, 0.05) is 12.5 Å². The second-order valence-electron chi connectivity index (χ2n) is 3.47. The summed E-state index contributed by atoms with van der Waals surface area (Å²) in [5, 5.41) is 29.5. The summed E-state index contributed by atoms with van der Waals surface area (Å²) in [6.07, 6.45) is 4.82. The van der Waals surface area contributed by atoms with Gasteiger partial charge in [0.25, 0.3) is 5.91 Å². The Morgan fingerprint density at radius 3 is 2.56 bits per heavy atom. The van der Waals surface area contributed by atoms with Crippen LogP contribution in [0.2, 0.25) is 0 Å². The van der Waals surface area contributed by atoms with Crippen molar-refractivity contribution in [1.29, 1.82) is 0 Å². The Balaban J connectivity index is 2.87. The van der Waals surface area contributed by atoms with Gasteiger partial charge in [-0.2, -0.15) is 0 Å². The molecule has 18 heavy (non-hydrogen) atoms. The highest BCUT2D eigenvalue weighted by Crippen LogP contribution is 2.22. The first-order chi connectivity index (χ1) is 8.45. The number of aliphatic carboxylic acids is 1. The third kappa shape index (κ3) is 3.15. The van der Waals surface area contributed by atoms with Gasteiger partial charge in [-0.25, -0.2) is 4.79 Å². The van der Waals surface area contributed by atoms with Crippen LogP contribution in [0.1, 0.15) is 16.8 Å². The molecule has 0 heterocycles. The fourth-order valence-electron chi connectivity index (χ4n) is 1.27. The molecule has 1 aromatic carbocycles. The van der Waals surface area contributed by atoms with Gasteiger partial charge in [0.1, 0.15) is 17.5 Å². The van der Waals surface area contributed by atoms with Crippen LogP contribution in [0.5, 0.6) is 11.5 Å². The summed E-state index contributed by atoms with van der Waals surface area (Å²) in [5.74, 6) is -0.568. The van der Waals surface area contributed by atoms with E-state index >= 15 is 0 Å². The maximum atomic E-state index is 11.7. The molecule has 1 unspecified atom stereocenters. The number of aromatic hydroxyl groups is 2. The van der Waals surface area contributed by atoms with Crippen LogP contribution in [0.25, 0.3) is 0 Å². The zero-order valence-electron chi connectivity index (χ0n) is 9.25. The van der Waals surface area contributed by atoms with Crippen LogP contribution >= 0.6 is 0 Å². The van der Waals surface area contributed by atoms with Crippen LogP contribution in [0.3, 0.4) is 0 Å². The van der Waals surface area contributed by atoms with Crippen molar-refractivity contribution in [1.82, 2.24) is 5.32 Å². The molecule has 0 radical (unpaired) electrons. The van der Waals surface area contributed by atoms with Crippen molar-refractivity contribution in [3.05, 3.63) is 23.8 Å². The summed E-state index contributed by atoms with van der Waals surface area (Å²) < 4.78 is 0. The van der Waals surface area contributed by atoms with E-state index in [1.54, 1.807) is 0 Å². The molecule has 0 bridgehead atoms. The molecule has 0 saturated heterocycles. The van der Waals surface area contributed by atoms with Gasteiger partial charge in [-0.3, -0.25) is 4.79 Å². The van der Waals surface area contributed by atoms with Gasteiger partial charge in [0.2, 0.25) is 0 Å². The van der Waals surface area contributed by atoms with Gasteiger partial charge in [0.15, 0.2) is 0 Å². The molecule has 6 heteroatoms. The lowest BCUT2D eigenvalue weighted by atomic mass is 10.1. The van der Waals surface area contributed by atoms with Crippen molar-refractivity contribution < 1.29 is 24.9 Å². The molecule has 0 aliphatic rings. The SMILES string of the molecule is C#CCC(NC(=O)c1ccc(O)cc1O)C(=O)O. The van der Waals surface area contributed by atoms with Crippen molar-refractivity contribution in [2.75, 3.05) is 0 Å². The third-order valence-corrected chi connectivity index (χ3v) is 2.15. The molecule has 94 valence electrons. The molecule has 6 nitrogen and oxygen atoms in total. The summed E-state index contributed by atoms with van der Waals surface area (Å²) in [4.78, 5) is 22.5. The molecule has 0 fully saturated rings. The Labute approximate surface area is 103 Å². The average molecular weight is 249 g/mol. The molecular weight excluding hydrogens is 238 g/mol. The monoisotopic (exact) mass is 249 g/mol. The number of rotatable bonds is 4. The lowest BCUT2D eigenvalue weighted by Gasteiger charge is -2.12. The zero-order chi connectivity index (χ0) is 13.7. The first kappa shape index (κ1) is 13.4. The summed E-state index contributed by atoms with van der Waals surface area (Å²) in [6.45, 7) is 0. The Kier molecular flexibility index (Phi) is 4.16. The van der Waals surface area contributed by atoms with Crippen molar-refractivity contribution in [2.24, 2.45) is 0 Å². The number of phenols is 2. The molecule has 1 atom stereocenters. The Morgan fingerprint density at radius 1 is 1.39 bits per heavy atom. The van der Waals surface area contributed by atoms with Crippen LogP contribution < -0.4 is 5.32 Å². The number of carbonyl (C=O) groups excluding carboxylic acids is 1. The van der Waals surface area contributed by atoms with Crippen molar-refractivity contribution in [3.63, 3.8) is 0 Å². The lowest BCUT2D eigenvalue weighted by Crippen LogP contribution is -2.40. The van der Waals surface area contributed by atoms with E-state index in [2.05, 4.69) is 11.2 Å². The van der Waals surface area contributed by atoms with E-state index in [4.69, 9.17) is 16.6 Å². The number of nitrogens with one attached hydrogen (secondary N) is 1. The Morgan fingerprint density at radius 2 is 2.06 bits per heavy atom. The minimum absolute atomic E-state index is 0.143. The van der Waals surface area contributed by atoms with Crippen LogP contribution in [-0.2, 0) is 4.79 Å². The maximum Gasteiger partial charge on any atom is 0.327 e. The zero-order valence-corrected chi connectivity index (χ0v) is 9.25. The van der Waals surface area contributed by atoms with E-state index in [0.717, 1.165) is 6.07 Å². The number of carboxylic acid groups (broad SMARTS) is 1. The van der Waals surface area contributed by atoms with E-state index in [-0.39, 0.29) is 17.7 Å². The van der Waals surface area contributed by atoms with E-state index < -0.39 is 23.7 Å². The normalized spacial score (nSPS) is 11.3. The van der Waals surface area contributed by atoms with Gasteiger partial charge in [-0.1, -0.05) is 0 Å². The highest BCUT2D eigenvalue weighted by atomic mass is 16.4. The topological polar surface area (TPSA) is 107 Å². The van der Waals surface area contributed by atoms with Crippen molar-refractivity contribution in [2.45, 2.75) is 12.5 Å². The number of hydrogen-bond donors (Lipinski definition) is 4. The lowest BCUT2D eigenvalue weighted by molar-refractivity contribution is -0.139. The van der Waals surface area contributed by atoms with Gasteiger partial charge in [0.05, 0.1) is 5.56 Å². The maximum absolute atomic E-state index is 11.7. The van der Waals surface area contributed by atoms with Gasteiger partial charge < -0.3 is 20.6 Å². The highest BCUT2D eigenvalue weighted by molar-refractivity contribution is 5.99. The molecule has 0 spiro atoms. The Bertz CT molecular complexity index is 518. The largest absolute Gasteiger partial charge is 0.508 e. The first-order valence-electron chi connectivity index (χ1n) is 4.94. The van der Waals surface area contributed by atoms with Crippen LogP contribution in [0.4, 0.5) is 0 Å². The standard InChI is InChI=1S/C12H11NO5/c1-2-3-9(12(17)18)13-11(16)8-5-4-7(14)6-10(8)15/h1,4-6,9,14-15H,3H2,(H,13,16)(H,17,18). The average Bonchev–Trinajstić information content (AvgIpc) is 2.27. The number of amides is 1. The molecule has 0 saturated carbocycles. The van der Waals surface area contributed by atoms with Crippen molar-refractivity contribution >= 4 is 11.9 Å². The predicted molar refractivity (Wildman–Crippen MR) is 62.1 cm³/mol. The number of carbonyl (C=O) groups is 2. The van der Waals surface area contributed by atoms with E-state index in [1.807, 2.05) is 0 Å². The van der Waals surface area contributed by atoms with E-state index in [9.17, 15) is 14.7 Å². The van der Waals surface area contributed by atoms with Crippen LogP contribution in [0.15, 0.2) is 18.2 Å². The smallest absolute Gasteiger partial charge is 0.327 e. The van der Waals surface area contributed by atoms with Gasteiger partial charge in [-0.05, 0) is 12.1 Å². The van der Waals surface area contributed by atoms with Gasteiger partial charge >= 0.3 is 5.97 Å². The summed E-state index contributed by atoms with van der Waals surface area (Å²) in [7, 11) is 0. The molecule has 1 amide bonds. The van der Waals surface area contributed by atoms with Crippen molar-refractivity contribution in [3.8, 4) is 23.8 Å².